The van der Waals surface area contributed by atoms with Gasteiger partial charge in [0.25, 0.3) is 5.91 Å². The lowest BCUT2D eigenvalue weighted by atomic mass is 10.5. The first-order chi connectivity index (χ1) is 5.29. The molecule has 0 atom stereocenters. The average Bonchev–Trinajstić information content (AvgIpc) is 2.50. The summed E-state index contributed by atoms with van der Waals surface area (Å²) in [5, 5.41) is 6.33. The summed E-state index contributed by atoms with van der Waals surface area (Å²) in [6.07, 6.45) is 1.37. The maximum absolute atomic E-state index is 11.0. The summed E-state index contributed by atoms with van der Waals surface area (Å²) in [6, 6.07) is 0. The van der Waals surface area contributed by atoms with Crippen molar-refractivity contribution < 1.29 is 4.79 Å². The monoisotopic (exact) mass is 154 g/mol. The lowest BCUT2D eigenvalue weighted by molar-refractivity contribution is 0.0947. The predicted octanol–water partition coefficient (Wildman–Crippen LogP) is -0.342. The third-order valence-electron chi connectivity index (χ3n) is 1.35. The molecule has 1 N–H and O–H groups in total. The summed E-state index contributed by atoms with van der Waals surface area (Å²) in [5.41, 5.74) is 0. The third kappa shape index (κ3) is 1.36. The Morgan fingerprint density at radius 2 is 2.55 bits per heavy atom. The van der Waals surface area contributed by atoms with Crippen molar-refractivity contribution in [3.05, 3.63) is 12.2 Å². The van der Waals surface area contributed by atoms with Crippen LogP contribution in [-0.2, 0) is 6.54 Å². The molecular formula is C6H10N4O. The second kappa shape index (κ2) is 3.14. The molecule has 60 valence electrons. The summed E-state index contributed by atoms with van der Waals surface area (Å²) in [4.78, 5) is 14.8. The molecule has 1 amide bonds. The molecule has 1 aromatic heterocycles. The molecule has 0 spiro atoms. The first-order valence-corrected chi connectivity index (χ1v) is 3.39. The van der Waals surface area contributed by atoms with E-state index < -0.39 is 0 Å². The van der Waals surface area contributed by atoms with E-state index in [-0.39, 0.29) is 5.91 Å². The molecule has 0 aliphatic rings. The van der Waals surface area contributed by atoms with Crippen molar-refractivity contribution in [2.45, 2.75) is 13.5 Å². The second-order valence-corrected chi connectivity index (χ2v) is 1.98. The first kappa shape index (κ1) is 7.71. The number of hydrogen-bond donors (Lipinski definition) is 1. The first-order valence-electron chi connectivity index (χ1n) is 3.39. The van der Waals surface area contributed by atoms with Crippen LogP contribution in [0.1, 0.15) is 17.5 Å². The zero-order valence-electron chi connectivity index (χ0n) is 6.53. The highest BCUT2D eigenvalue weighted by Gasteiger charge is 2.09. The number of aryl methyl sites for hydroxylation is 1. The maximum Gasteiger partial charge on any atom is 0.288 e. The van der Waals surface area contributed by atoms with Gasteiger partial charge in [0.15, 0.2) is 0 Å². The standard InChI is InChI=1S/C6H10N4O/c1-3-10-5(6(11)7-2)8-4-9-10/h4H,3H2,1-2H3,(H,7,11). The average molecular weight is 154 g/mol. The van der Waals surface area contributed by atoms with E-state index in [9.17, 15) is 4.79 Å². The van der Waals surface area contributed by atoms with E-state index in [1.165, 1.54) is 6.33 Å². The highest BCUT2D eigenvalue weighted by Crippen LogP contribution is 1.91. The molecular weight excluding hydrogens is 144 g/mol. The molecule has 11 heavy (non-hydrogen) atoms. The number of nitrogens with one attached hydrogen (secondary N) is 1. The van der Waals surface area contributed by atoms with Crippen LogP contribution in [0, 0.1) is 0 Å². The van der Waals surface area contributed by atoms with Gasteiger partial charge in [0.2, 0.25) is 5.82 Å². The van der Waals surface area contributed by atoms with E-state index >= 15 is 0 Å². The Hall–Kier alpha value is -1.39. The molecule has 0 saturated heterocycles. The van der Waals surface area contributed by atoms with Gasteiger partial charge in [0.05, 0.1) is 0 Å². The molecule has 0 aliphatic heterocycles. The number of nitrogens with zero attached hydrogens (tertiary/aromatic N) is 3. The molecule has 5 heteroatoms. The van der Waals surface area contributed by atoms with E-state index in [4.69, 9.17) is 0 Å². The van der Waals surface area contributed by atoms with Gasteiger partial charge in [-0.15, -0.1) is 0 Å². The van der Waals surface area contributed by atoms with E-state index in [0.717, 1.165) is 0 Å². The number of rotatable bonds is 2. The number of amides is 1. The fraction of sp³-hybridized carbons (Fsp3) is 0.500. The quantitative estimate of drug-likeness (QED) is 0.633. The van der Waals surface area contributed by atoms with Gasteiger partial charge in [0, 0.05) is 13.6 Å². The van der Waals surface area contributed by atoms with Crippen LogP contribution in [0.4, 0.5) is 0 Å². The number of carbonyl (C=O) groups excluding carboxylic acids is 1. The number of carbonyl (C=O) groups is 1. The third-order valence-corrected chi connectivity index (χ3v) is 1.35. The molecule has 5 nitrogen and oxygen atoms in total. The Morgan fingerprint density at radius 3 is 3.09 bits per heavy atom. The van der Waals surface area contributed by atoms with Gasteiger partial charge in [-0.2, -0.15) is 5.10 Å². The zero-order valence-corrected chi connectivity index (χ0v) is 6.53. The van der Waals surface area contributed by atoms with Crippen LogP contribution in [0.5, 0.6) is 0 Å². The smallest absolute Gasteiger partial charge is 0.288 e. The van der Waals surface area contributed by atoms with Crippen LogP contribution in [0.15, 0.2) is 6.33 Å². The zero-order chi connectivity index (χ0) is 8.27. The molecule has 0 saturated carbocycles. The van der Waals surface area contributed by atoms with Crippen LogP contribution < -0.4 is 5.32 Å². The van der Waals surface area contributed by atoms with Gasteiger partial charge in [-0.3, -0.25) is 4.79 Å². The molecule has 0 bridgehead atoms. The molecule has 0 aliphatic carbocycles. The highest BCUT2D eigenvalue weighted by molar-refractivity contribution is 5.90. The largest absolute Gasteiger partial charge is 0.352 e. The van der Waals surface area contributed by atoms with Crippen LogP contribution in [0.25, 0.3) is 0 Å². The van der Waals surface area contributed by atoms with Crippen molar-refractivity contribution in [2.24, 2.45) is 0 Å². The van der Waals surface area contributed by atoms with E-state index in [2.05, 4.69) is 15.4 Å². The molecule has 0 unspecified atom stereocenters. The Bertz CT molecular complexity index is 255. The Balaban J connectivity index is 2.92. The maximum atomic E-state index is 11.0. The fourth-order valence-electron chi connectivity index (χ4n) is 0.783. The SMILES string of the molecule is CCn1ncnc1C(=O)NC. The Morgan fingerprint density at radius 1 is 1.82 bits per heavy atom. The van der Waals surface area contributed by atoms with Crippen LogP contribution in [0.2, 0.25) is 0 Å². The summed E-state index contributed by atoms with van der Waals surface area (Å²) < 4.78 is 1.54. The van der Waals surface area contributed by atoms with Gasteiger partial charge in [-0.25, -0.2) is 9.67 Å². The van der Waals surface area contributed by atoms with Gasteiger partial charge in [0.1, 0.15) is 6.33 Å². The molecule has 0 radical (unpaired) electrons. The molecule has 0 fully saturated rings. The predicted molar refractivity (Wildman–Crippen MR) is 39.1 cm³/mol. The van der Waals surface area contributed by atoms with E-state index in [1.807, 2.05) is 6.92 Å². The minimum absolute atomic E-state index is 0.204. The van der Waals surface area contributed by atoms with Gasteiger partial charge >= 0.3 is 0 Å². The van der Waals surface area contributed by atoms with Crippen molar-refractivity contribution in [3.63, 3.8) is 0 Å². The van der Waals surface area contributed by atoms with Crippen molar-refractivity contribution in [1.82, 2.24) is 20.1 Å². The van der Waals surface area contributed by atoms with E-state index in [0.29, 0.717) is 12.4 Å². The van der Waals surface area contributed by atoms with Crippen molar-refractivity contribution in [3.8, 4) is 0 Å². The Labute approximate surface area is 64.4 Å². The van der Waals surface area contributed by atoms with Crippen LogP contribution in [-0.4, -0.2) is 27.7 Å². The topological polar surface area (TPSA) is 59.8 Å². The minimum atomic E-state index is -0.204. The van der Waals surface area contributed by atoms with Crippen molar-refractivity contribution in [1.29, 1.82) is 0 Å². The molecule has 1 heterocycles. The Kier molecular flexibility index (Phi) is 2.20. The second-order valence-electron chi connectivity index (χ2n) is 1.98. The summed E-state index contributed by atoms with van der Waals surface area (Å²) in [7, 11) is 1.57. The number of aromatic nitrogens is 3. The van der Waals surface area contributed by atoms with Crippen molar-refractivity contribution >= 4 is 5.91 Å². The summed E-state index contributed by atoms with van der Waals surface area (Å²) in [5.74, 6) is 0.152. The van der Waals surface area contributed by atoms with Crippen LogP contribution in [0.3, 0.4) is 0 Å². The summed E-state index contributed by atoms with van der Waals surface area (Å²) in [6.45, 7) is 2.56. The van der Waals surface area contributed by atoms with E-state index in [1.54, 1.807) is 11.7 Å². The molecule has 1 rings (SSSR count). The lowest BCUT2D eigenvalue weighted by Gasteiger charge is -1.99. The van der Waals surface area contributed by atoms with Gasteiger partial charge in [-0.1, -0.05) is 0 Å². The van der Waals surface area contributed by atoms with Crippen molar-refractivity contribution in [2.75, 3.05) is 7.05 Å². The molecule has 0 aromatic carbocycles. The van der Waals surface area contributed by atoms with Gasteiger partial charge < -0.3 is 5.32 Å². The van der Waals surface area contributed by atoms with Crippen LogP contribution >= 0.6 is 0 Å². The summed E-state index contributed by atoms with van der Waals surface area (Å²) >= 11 is 0. The highest BCUT2D eigenvalue weighted by atomic mass is 16.2. The molecule has 1 aromatic rings. The number of hydrogen-bond acceptors (Lipinski definition) is 3. The fourth-order valence-corrected chi connectivity index (χ4v) is 0.783. The van der Waals surface area contributed by atoms with Gasteiger partial charge in [-0.05, 0) is 6.92 Å². The lowest BCUT2D eigenvalue weighted by Crippen LogP contribution is -2.22. The normalized spacial score (nSPS) is 9.64. The minimum Gasteiger partial charge on any atom is -0.352 e.